The molecule has 32 heavy (non-hydrogen) atoms. The first-order valence-corrected chi connectivity index (χ1v) is 11.5. The second kappa shape index (κ2) is 8.13. The van der Waals surface area contributed by atoms with E-state index in [-0.39, 0.29) is 23.1 Å². The third-order valence-electron chi connectivity index (χ3n) is 6.34. The molecule has 6 nitrogen and oxygen atoms in total. The van der Waals surface area contributed by atoms with Crippen molar-refractivity contribution in [3.8, 4) is 5.75 Å². The highest BCUT2D eigenvalue weighted by atomic mass is 79.9. The van der Waals surface area contributed by atoms with Crippen molar-refractivity contribution in [3.63, 3.8) is 0 Å². The number of aliphatic hydroxyl groups is 1. The molecule has 1 aromatic heterocycles. The van der Waals surface area contributed by atoms with Gasteiger partial charge < -0.3 is 19.5 Å². The number of rotatable bonds is 4. The number of aromatic hydroxyl groups is 1. The average molecular weight is 496 g/mol. The van der Waals surface area contributed by atoms with Gasteiger partial charge in [-0.25, -0.2) is 0 Å². The standard InChI is InChI=1S/C25H22BrNO5/c26-16-9-10-19-15(11-16)13-20(32-19)23(29)21-22(14-5-4-8-18(28)12-14)27(25(31)24(21)30)17-6-2-1-3-7-17/h4-5,8-13,17,22,28,30H,1-3,6-7H2. The molecule has 3 aromatic rings. The lowest BCUT2D eigenvalue weighted by atomic mass is 9.90. The Morgan fingerprint density at radius 3 is 2.56 bits per heavy atom. The van der Waals surface area contributed by atoms with Gasteiger partial charge in [-0.15, -0.1) is 0 Å². The van der Waals surface area contributed by atoms with Gasteiger partial charge in [0.15, 0.2) is 11.5 Å². The number of fused-ring (bicyclic) bond motifs is 1. The number of phenolic OH excluding ortho intramolecular Hbond substituents is 1. The minimum atomic E-state index is -0.787. The third-order valence-corrected chi connectivity index (χ3v) is 6.84. The summed E-state index contributed by atoms with van der Waals surface area (Å²) in [5.74, 6) is -1.54. The minimum Gasteiger partial charge on any atom is -0.508 e. The van der Waals surface area contributed by atoms with Gasteiger partial charge in [0, 0.05) is 15.9 Å². The Kier molecular flexibility index (Phi) is 5.29. The van der Waals surface area contributed by atoms with Crippen molar-refractivity contribution in [1.82, 2.24) is 4.90 Å². The van der Waals surface area contributed by atoms with Crippen LogP contribution in [0.5, 0.6) is 5.75 Å². The summed E-state index contributed by atoms with van der Waals surface area (Å²) < 4.78 is 6.63. The summed E-state index contributed by atoms with van der Waals surface area (Å²) in [6.07, 6.45) is 4.71. The lowest BCUT2D eigenvalue weighted by Gasteiger charge is -2.36. The molecular weight excluding hydrogens is 474 g/mol. The number of hydrogen-bond donors (Lipinski definition) is 2. The lowest BCUT2D eigenvalue weighted by molar-refractivity contribution is -0.132. The van der Waals surface area contributed by atoms with Gasteiger partial charge in [0.05, 0.1) is 11.6 Å². The van der Waals surface area contributed by atoms with Gasteiger partial charge in [-0.2, -0.15) is 0 Å². The number of halogens is 1. The molecule has 164 valence electrons. The molecule has 1 aliphatic heterocycles. The maximum absolute atomic E-state index is 13.6. The Hall–Kier alpha value is -3.06. The van der Waals surface area contributed by atoms with E-state index in [0.29, 0.717) is 11.1 Å². The predicted octanol–water partition coefficient (Wildman–Crippen LogP) is 5.81. The molecule has 0 saturated heterocycles. The molecule has 1 atom stereocenters. The third kappa shape index (κ3) is 3.50. The number of phenols is 1. The highest BCUT2D eigenvalue weighted by molar-refractivity contribution is 9.10. The van der Waals surface area contributed by atoms with Gasteiger partial charge >= 0.3 is 0 Å². The molecule has 0 spiro atoms. The van der Waals surface area contributed by atoms with Gasteiger partial charge in [-0.05, 0) is 54.8 Å². The zero-order valence-corrected chi connectivity index (χ0v) is 18.8. The summed E-state index contributed by atoms with van der Waals surface area (Å²) in [4.78, 5) is 28.4. The second-order valence-corrected chi connectivity index (χ2v) is 9.30. The molecule has 0 radical (unpaired) electrons. The van der Waals surface area contributed by atoms with Crippen LogP contribution in [0, 0.1) is 0 Å². The maximum Gasteiger partial charge on any atom is 0.290 e. The first-order chi connectivity index (χ1) is 15.4. The fourth-order valence-electron chi connectivity index (χ4n) is 4.87. The monoisotopic (exact) mass is 495 g/mol. The van der Waals surface area contributed by atoms with Gasteiger partial charge in [0.25, 0.3) is 5.91 Å². The Bertz CT molecular complexity index is 1250. The summed E-state index contributed by atoms with van der Waals surface area (Å²) in [5, 5.41) is 21.7. The highest BCUT2D eigenvalue weighted by Crippen LogP contribution is 2.43. The fourth-order valence-corrected chi connectivity index (χ4v) is 5.25. The van der Waals surface area contributed by atoms with E-state index in [2.05, 4.69) is 15.9 Å². The Morgan fingerprint density at radius 1 is 1.03 bits per heavy atom. The number of Topliss-reactive ketones (excluding diaryl/α,β-unsaturated/α-hetero) is 1. The molecule has 1 amide bonds. The number of carbonyl (C=O) groups is 2. The predicted molar refractivity (Wildman–Crippen MR) is 122 cm³/mol. The van der Waals surface area contributed by atoms with Gasteiger partial charge in [-0.3, -0.25) is 9.59 Å². The average Bonchev–Trinajstić information content (AvgIpc) is 3.32. The quantitative estimate of drug-likeness (QED) is 0.445. The van der Waals surface area contributed by atoms with E-state index in [1.807, 2.05) is 12.1 Å². The molecule has 2 aromatic carbocycles. The molecule has 7 heteroatoms. The van der Waals surface area contributed by atoms with Crippen LogP contribution in [0.15, 0.2) is 68.8 Å². The molecule has 0 bridgehead atoms. The van der Waals surface area contributed by atoms with E-state index >= 15 is 0 Å². The second-order valence-electron chi connectivity index (χ2n) is 8.39. The van der Waals surface area contributed by atoms with E-state index in [0.717, 1.165) is 42.0 Å². The molecule has 2 heterocycles. The smallest absolute Gasteiger partial charge is 0.290 e. The molecule has 2 N–H and O–H groups in total. The molecule has 1 fully saturated rings. The van der Waals surface area contributed by atoms with Crippen molar-refractivity contribution in [3.05, 3.63) is 75.7 Å². The van der Waals surface area contributed by atoms with Gasteiger partial charge in [0.2, 0.25) is 5.78 Å². The topological polar surface area (TPSA) is 91.0 Å². The number of benzene rings is 2. The normalized spacial score (nSPS) is 19.8. The number of aliphatic hydroxyl groups excluding tert-OH is 1. The van der Waals surface area contributed by atoms with Crippen LogP contribution in [0.25, 0.3) is 11.0 Å². The van der Waals surface area contributed by atoms with Crippen LogP contribution < -0.4 is 0 Å². The molecule has 2 aliphatic rings. The summed E-state index contributed by atoms with van der Waals surface area (Å²) in [5.41, 5.74) is 1.11. The number of hydrogen-bond acceptors (Lipinski definition) is 5. The largest absolute Gasteiger partial charge is 0.508 e. The van der Waals surface area contributed by atoms with Gasteiger partial charge in [-0.1, -0.05) is 47.3 Å². The number of amides is 1. The lowest BCUT2D eigenvalue weighted by Crippen LogP contribution is -2.41. The van der Waals surface area contributed by atoms with Crippen LogP contribution in [0.1, 0.15) is 54.3 Å². The summed E-state index contributed by atoms with van der Waals surface area (Å²) in [7, 11) is 0. The SMILES string of the molecule is O=C(C1=C(O)C(=O)N(C2CCCCC2)C1c1cccc(O)c1)c1cc2cc(Br)ccc2o1. The van der Waals surface area contributed by atoms with Crippen molar-refractivity contribution in [2.24, 2.45) is 0 Å². The van der Waals surface area contributed by atoms with Crippen LogP contribution in [-0.2, 0) is 4.79 Å². The molecule has 5 rings (SSSR count). The van der Waals surface area contributed by atoms with Crippen molar-refractivity contribution < 1.29 is 24.2 Å². The first kappa shape index (κ1) is 20.8. The van der Waals surface area contributed by atoms with Gasteiger partial charge in [0.1, 0.15) is 11.3 Å². The van der Waals surface area contributed by atoms with E-state index in [1.165, 1.54) is 12.1 Å². The number of ketones is 1. The van der Waals surface area contributed by atoms with Crippen LogP contribution >= 0.6 is 15.9 Å². The zero-order chi connectivity index (χ0) is 22.4. The van der Waals surface area contributed by atoms with Crippen LogP contribution in [0.4, 0.5) is 0 Å². The molecular formula is C25H22BrNO5. The van der Waals surface area contributed by atoms with Crippen molar-refractivity contribution >= 4 is 38.6 Å². The van der Waals surface area contributed by atoms with E-state index in [1.54, 1.807) is 29.2 Å². The first-order valence-electron chi connectivity index (χ1n) is 10.7. The highest BCUT2D eigenvalue weighted by Gasteiger charge is 2.47. The van der Waals surface area contributed by atoms with Crippen molar-refractivity contribution in [2.45, 2.75) is 44.2 Å². The summed E-state index contributed by atoms with van der Waals surface area (Å²) >= 11 is 3.41. The summed E-state index contributed by atoms with van der Waals surface area (Å²) in [6.45, 7) is 0. The Morgan fingerprint density at radius 2 is 1.81 bits per heavy atom. The maximum atomic E-state index is 13.6. The molecule has 1 saturated carbocycles. The number of furan rings is 1. The van der Waals surface area contributed by atoms with Crippen LogP contribution in [-0.4, -0.2) is 32.8 Å². The Labute approximate surface area is 193 Å². The van der Waals surface area contributed by atoms with E-state index in [4.69, 9.17) is 4.42 Å². The van der Waals surface area contributed by atoms with E-state index in [9.17, 15) is 19.8 Å². The number of carbonyl (C=O) groups excluding carboxylic acids is 2. The zero-order valence-electron chi connectivity index (χ0n) is 17.3. The minimum absolute atomic E-state index is 0.00991. The Balaban J connectivity index is 1.61. The fraction of sp³-hybridized carbons (Fsp3) is 0.280. The van der Waals surface area contributed by atoms with Crippen molar-refractivity contribution in [1.29, 1.82) is 0 Å². The van der Waals surface area contributed by atoms with Crippen LogP contribution in [0.2, 0.25) is 0 Å². The van der Waals surface area contributed by atoms with Crippen LogP contribution in [0.3, 0.4) is 0 Å². The molecule has 1 unspecified atom stereocenters. The molecule has 1 aliphatic carbocycles. The van der Waals surface area contributed by atoms with Crippen molar-refractivity contribution in [2.75, 3.05) is 0 Å². The summed E-state index contributed by atoms with van der Waals surface area (Å²) in [6, 6.07) is 12.7. The number of nitrogens with zero attached hydrogens (tertiary/aromatic N) is 1. The van der Waals surface area contributed by atoms with E-state index < -0.39 is 23.5 Å².